The van der Waals surface area contributed by atoms with Gasteiger partial charge in [0.1, 0.15) is 5.75 Å². The Hall–Kier alpha value is -0.730. The summed E-state index contributed by atoms with van der Waals surface area (Å²) >= 11 is 5.97. The Labute approximate surface area is 89.0 Å². The average Bonchev–Trinajstić information content (AvgIpc) is 2.98. The van der Waals surface area contributed by atoms with E-state index in [0.717, 1.165) is 29.2 Å². The molecule has 1 aliphatic rings. The first-order valence-corrected chi connectivity index (χ1v) is 5.14. The fourth-order valence-corrected chi connectivity index (χ4v) is 2.00. The monoisotopic (exact) mass is 211 g/mol. The van der Waals surface area contributed by atoms with Crippen LogP contribution in [0.25, 0.3) is 0 Å². The molecule has 76 valence electrons. The van der Waals surface area contributed by atoms with Crippen LogP contribution < -0.4 is 10.5 Å². The molecule has 1 fully saturated rings. The summed E-state index contributed by atoms with van der Waals surface area (Å²) in [5.41, 5.74) is 7.07. The molecular weight excluding hydrogens is 198 g/mol. The molecule has 2 rings (SSSR count). The molecule has 0 atom stereocenters. The maximum absolute atomic E-state index is 5.97. The molecule has 0 saturated heterocycles. The van der Waals surface area contributed by atoms with Crippen LogP contribution in [0.5, 0.6) is 5.75 Å². The topological polar surface area (TPSA) is 35.2 Å². The van der Waals surface area contributed by atoms with Gasteiger partial charge in [0.05, 0.1) is 7.11 Å². The van der Waals surface area contributed by atoms with Crippen molar-refractivity contribution in [2.45, 2.75) is 18.3 Å². The van der Waals surface area contributed by atoms with E-state index in [1.54, 1.807) is 7.11 Å². The minimum Gasteiger partial charge on any atom is -0.496 e. The zero-order chi connectivity index (χ0) is 10.2. The van der Waals surface area contributed by atoms with E-state index in [1.165, 1.54) is 0 Å². The zero-order valence-electron chi connectivity index (χ0n) is 8.22. The lowest BCUT2D eigenvalue weighted by molar-refractivity contribution is 0.404. The molecule has 0 unspecified atom stereocenters. The minimum atomic E-state index is 0.135. The summed E-state index contributed by atoms with van der Waals surface area (Å²) in [4.78, 5) is 0. The van der Waals surface area contributed by atoms with Crippen molar-refractivity contribution < 1.29 is 4.74 Å². The Morgan fingerprint density at radius 1 is 1.50 bits per heavy atom. The maximum Gasteiger partial charge on any atom is 0.122 e. The lowest BCUT2D eigenvalue weighted by atomic mass is 9.95. The van der Waals surface area contributed by atoms with Crippen molar-refractivity contribution in [2.75, 3.05) is 13.7 Å². The Bertz CT molecular complexity index is 347. The van der Waals surface area contributed by atoms with Gasteiger partial charge in [-0.1, -0.05) is 11.6 Å². The van der Waals surface area contributed by atoms with Crippen molar-refractivity contribution in [3.05, 3.63) is 28.8 Å². The SMILES string of the molecule is COc1ccc(Cl)cc1C1(CN)CC1. The van der Waals surface area contributed by atoms with Crippen molar-refractivity contribution in [2.24, 2.45) is 5.73 Å². The van der Waals surface area contributed by atoms with Gasteiger partial charge >= 0.3 is 0 Å². The molecule has 0 amide bonds. The molecule has 0 aromatic heterocycles. The van der Waals surface area contributed by atoms with Gasteiger partial charge in [-0.3, -0.25) is 0 Å². The van der Waals surface area contributed by atoms with E-state index in [9.17, 15) is 0 Å². The molecule has 1 aliphatic carbocycles. The third kappa shape index (κ3) is 1.49. The van der Waals surface area contributed by atoms with E-state index >= 15 is 0 Å². The normalized spacial score (nSPS) is 17.9. The van der Waals surface area contributed by atoms with E-state index in [2.05, 4.69) is 0 Å². The standard InChI is InChI=1S/C11H14ClNO/c1-14-10-3-2-8(12)6-9(10)11(7-13)4-5-11/h2-3,6H,4-5,7,13H2,1H3. The van der Waals surface area contributed by atoms with Gasteiger partial charge in [0.2, 0.25) is 0 Å². The predicted octanol–water partition coefficient (Wildman–Crippen LogP) is 2.34. The van der Waals surface area contributed by atoms with Crippen LogP contribution in [0, 0.1) is 0 Å². The van der Waals surface area contributed by atoms with Crippen molar-refractivity contribution in [1.82, 2.24) is 0 Å². The van der Waals surface area contributed by atoms with Crippen molar-refractivity contribution >= 4 is 11.6 Å². The Kier molecular flexibility index (Phi) is 2.41. The van der Waals surface area contributed by atoms with E-state index < -0.39 is 0 Å². The molecule has 2 N–H and O–H groups in total. The number of hydrogen-bond acceptors (Lipinski definition) is 2. The number of benzene rings is 1. The molecule has 0 heterocycles. The molecule has 1 aromatic rings. The second-order valence-electron chi connectivity index (χ2n) is 3.83. The third-order valence-corrected chi connectivity index (χ3v) is 3.21. The summed E-state index contributed by atoms with van der Waals surface area (Å²) in [7, 11) is 1.68. The Morgan fingerprint density at radius 3 is 2.71 bits per heavy atom. The number of nitrogens with two attached hydrogens (primary N) is 1. The van der Waals surface area contributed by atoms with Gasteiger partial charge in [0.15, 0.2) is 0 Å². The first-order chi connectivity index (χ1) is 6.72. The predicted molar refractivity (Wildman–Crippen MR) is 58.0 cm³/mol. The van der Waals surface area contributed by atoms with Crippen molar-refractivity contribution in [3.8, 4) is 5.75 Å². The lowest BCUT2D eigenvalue weighted by Crippen LogP contribution is -2.20. The summed E-state index contributed by atoms with van der Waals surface area (Å²) in [6.45, 7) is 0.670. The van der Waals surface area contributed by atoms with Crippen molar-refractivity contribution in [1.29, 1.82) is 0 Å². The van der Waals surface area contributed by atoms with Gasteiger partial charge in [-0.15, -0.1) is 0 Å². The van der Waals surface area contributed by atoms with Crippen molar-refractivity contribution in [3.63, 3.8) is 0 Å². The van der Waals surface area contributed by atoms with E-state index in [4.69, 9.17) is 22.1 Å². The zero-order valence-corrected chi connectivity index (χ0v) is 8.97. The summed E-state index contributed by atoms with van der Waals surface area (Å²) in [5.74, 6) is 0.900. The Morgan fingerprint density at radius 2 is 2.21 bits per heavy atom. The third-order valence-electron chi connectivity index (χ3n) is 2.98. The van der Waals surface area contributed by atoms with Gasteiger partial charge in [-0.05, 0) is 31.0 Å². The first kappa shape index (κ1) is 9.81. The van der Waals surface area contributed by atoms with Crippen LogP contribution in [-0.2, 0) is 5.41 Å². The van der Waals surface area contributed by atoms with E-state index in [0.29, 0.717) is 6.54 Å². The van der Waals surface area contributed by atoms with Crippen LogP contribution in [0.4, 0.5) is 0 Å². The van der Waals surface area contributed by atoms with Crippen LogP contribution in [0.3, 0.4) is 0 Å². The molecule has 3 heteroatoms. The molecule has 0 aliphatic heterocycles. The fraction of sp³-hybridized carbons (Fsp3) is 0.455. The summed E-state index contributed by atoms with van der Waals surface area (Å²) < 4.78 is 5.31. The molecule has 0 spiro atoms. The molecule has 1 aromatic carbocycles. The highest BCUT2D eigenvalue weighted by Crippen LogP contribution is 2.50. The maximum atomic E-state index is 5.97. The van der Waals surface area contributed by atoms with Crippen LogP contribution in [0.15, 0.2) is 18.2 Å². The summed E-state index contributed by atoms with van der Waals surface area (Å²) in [5, 5.41) is 0.750. The van der Waals surface area contributed by atoms with E-state index in [1.807, 2.05) is 18.2 Å². The smallest absolute Gasteiger partial charge is 0.122 e. The summed E-state index contributed by atoms with van der Waals surface area (Å²) in [6, 6.07) is 5.73. The number of methoxy groups -OCH3 is 1. The molecule has 0 bridgehead atoms. The van der Waals surface area contributed by atoms with E-state index in [-0.39, 0.29) is 5.41 Å². The molecule has 1 saturated carbocycles. The van der Waals surface area contributed by atoms with Gasteiger partial charge in [0, 0.05) is 22.5 Å². The first-order valence-electron chi connectivity index (χ1n) is 4.76. The average molecular weight is 212 g/mol. The molecule has 14 heavy (non-hydrogen) atoms. The lowest BCUT2D eigenvalue weighted by Gasteiger charge is -2.16. The number of rotatable bonds is 3. The Balaban J connectivity index is 2.44. The molecule has 0 radical (unpaired) electrons. The minimum absolute atomic E-state index is 0.135. The van der Waals surface area contributed by atoms with Crippen LogP contribution in [-0.4, -0.2) is 13.7 Å². The van der Waals surface area contributed by atoms with Gasteiger partial charge in [-0.2, -0.15) is 0 Å². The highest BCUT2D eigenvalue weighted by molar-refractivity contribution is 6.30. The second-order valence-corrected chi connectivity index (χ2v) is 4.27. The van der Waals surface area contributed by atoms with Crippen LogP contribution >= 0.6 is 11.6 Å². The highest BCUT2D eigenvalue weighted by Gasteiger charge is 2.44. The molecule has 2 nitrogen and oxygen atoms in total. The fourth-order valence-electron chi connectivity index (χ4n) is 1.83. The van der Waals surface area contributed by atoms with Gasteiger partial charge < -0.3 is 10.5 Å². The summed E-state index contributed by atoms with van der Waals surface area (Å²) in [6.07, 6.45) is 2.28. The second kappa shape index (κ2) is 3.44. The van der Waals surface area contributed by atoms with Gasteiger partial charge in [0.25, 0.3) is 0 Å². The van der Waals surface area contributed by atoms with Gasteiger partial charge in [-0.25, -0.2) is 0 Å². The quantitative estimate of drug-likeness (QED) is 0.833. The van der Waals surface area contributed by atoms with Crippen LogP contribution in [0.1, 0.15) is 18.4 Å². The number of halogens is 1. The molecular formula is C11H14ClNO. The number of hydrogen-bond donors (Lipinski definition) is 1. The highest BCUT2D eigenvalue weighted by atomic mass is 35.5. The largest absolute Gasteiger partial charge is 0.496 e. The van der Waals surface area contributed by atoms with Crippen LogP contribution in [0.2, 0.25) is 5.02 Å². The number of ether oxygens (including phenoxy) is 1.